The minimum Gasteiger partial charge on any atom is -0.389 e. The van der Waals surface area contributed by atoms with Crippen molar-refractivity contribution >= 4 is 0 Å². The van der Waals surface area contributed by atoms with Gasteiger partial charge in [-0.15, -0.1) is 0 Å². The van der Waals surface area contributed by atoms with Crippen LogP contribution in [0.15, 0.2) is 12.3 Å². The van der Waals surface area contributed by atoms with Crippen LogP contribution in [-0.4, -0.2) is 19.6 Å². The molecule has 0 aromatic rings. The molecule has 4 rings (SSSR count). The first kappa shape index (κ1) is 32.0. The van der Waals surface area contributed by atoms with Crippen LogP contribution in [0.1, 0.15) is 145 Å². The Balaban J connectivity index is 0.00000400. The van der Waals surface area contributed by atoms with Crippen LogP contribution in [0.2, 0.25) is 0 Å². The highest BCUT2D eigenvalue weighted by Gasteiger charge is 2.61. The quantitative estimate of drug-likeness (QED) is 0.219. The van der Waals surface area contributed by atoms with Crippen molar-refractivity contribution in [3.63, 3.8) is 0 Å². The average molecular weight is 529 g/mol. The van der Waals surface area contributed by atoms with Crippen LogP contribution in [0.5, 0.6) is 0 Å². The van der Waals surface area contributed by atoms with Gasteiger partial charge in [0, 0.05) is 18.2 Å². The average Bonchev–Trinajstić information content (AvgIpc) is 3.22. The van der Waals surface area contributed by atoms with E-state index in [0.29, 0.717) is 16.7 Å². The molecule has 4 fully saturated rings. The Bertz CT molecular complexity index is 714. The van der Waals surface area contributed by atoms with Gasteiger partial charge in [-0.25, -0.2) is 0 Å². The van der Waals surface area contributed by atoms with E-state index < -0.39 is 0 Å². The van der Waals surface area contributed by atoms with Crippen molar-refractivity contribution in [2.45, 2.75) is 145 Å². The first-order valence-corrected chi connectivity index (χ1v) is 16.9. The molecule has 0 aromatic carbocycles. The Morgan fingerprint density at radius 1 is 0.789 bits per heavy atom. The molecule has 4 aliphatic rings. The Morgan fingerprint density at radius 3 is 2.26 bits per heavy atom. The lowest BCUT2D eigenvalue weighted by Gasteiger charge is -2.61. The Morgan fingerprint density at radius 2 is 1.50 bits per heavy atom. The third-order valence-corrected chi connectivity index (χ3v) is 12.4. The fourth-order valence-electron chi connectivity index (χ4n) is 10.4. The molecule has 0 radical (unpaired) electrons. The first-order valence-electron chi connectivity index (χ1n) is 16.9. The zero-order valence-corrected chi connectivity index (χ0v) is 25.7. The highest BCUT2D eigenvalue weighted by Crippen LogP contribution is 2.69. The van der Waals surface area contributed by atoms with E-state index in [2.05, 4.69) is 45.3 Å². The molecule has 8 atom stereocenters. The van der Waals surface area contributed by atoms with Gasteiger partial charge in [-0.2, -0.15) is 0 Å². The van der Waals surface area contributed by atoms with Gasteiger partial charge in [0.15, 0.2) is 0 Å². The number of hydrogen-bond acceptors (Lipinski definition) is 2. The molecule has 0 aliphatic heterocycles. The van der Waals surface area contributed by atoms with Gasteiger partial charge < -0.3 is 10.6 Å². The summed E-state index contributed by atoms with van der Waals surface area (Å²) >= 11 is 0. The van der Waals surface area contributed by atoms with E-state index >= 15 is 0 Å². The standard InChI is InChI=1S/C35H64N2.CH4/c1-7-23-36-24-10-11-25-37-27(4)29(15-12-13-26(2)3)30-20-22-35(6)31(30)18-19-32-33(35)17-16-28-14-8-9-21-34(28,32)5;/h26,28-33,36-37H,4,7-25H2,1-3,5-6H3;1H4. The summed E-state index contributed by atoms with van der Waals surface area (Å²) in [6, 6.07) is 0. The first-order chi connectivity index (χ1) is 17.8. The van der Waals surface area contributed by atoms with Gasteiger partial charge >= 0.3 is 0 Å². The molecule has 2 nitrogen and oxygen atoms in total. The highest BCUT2D eigenvalue weighted by molar-refractivity contribution is 5.13. The molecule has 38 heavy (non-hydrogen) atoms. The molecule has 0 amide bonds. The predicted molar refractivity (Wildman–Crippen MR) is 168 cm³/mol. The van der Waals surface area contributed by atoms with E-state index in [1.54, 1.807) is 0 Å². The number of fused-ring (bicyclic) bond motifs is 5. The fraction of sp³-hybridized carbons (Fsp3) is 0.944. The maximum absolute atomic E-state index is 4.72. The second kappa shape index (κ2) is 14.4. The van der Waals surface area contributed by atoms with Gasteiger partial charge in [0.05, 0.1) is 0 Å². The molecule has 0 bridgehead atoms. The van der Waals surface area contributed by atoms with Crippen molar-refractivity contribution < 1.29 is 0 Å². The zero-order chi connectivity index (χ0) is 26.5. The molecule has 0 heterocycles. The summed E-state index contributed by atoms with van der Waals surface area (Å²) in [6.07, 6.45) is 22.9. The summed E-state index contributed by atoms with van der Waals surface area (Å²) in [6.45, 7) is 20.7. The minimum atomic E-state index is 0. The molecule has 0 saturated heterocycles. The molecule has 2 N–H and O–H groups in total. The molecule has 0 aromatic heterocycles. The van der Waals surface area contributed by atoms with Crippen molar-refractivity contribution in [2.75, 3.05) is 19.6 Å². The van der Waals surface area contributed by atoms with Crippen LogP contribution < -0.4 is 10.6 Å². The monoisotopic (exact) mass is 529 g/mol. The van der Waals surface area contributed by atoms with E-state index in [9.17, 15) is 0 Å². The molecular formula is C36H68N2. The van der Waals surface area contributed by atoms with E-state index in [-0.39, 0.29) is 7.43 Å². The van der Waals surface area contributed by atoms with Crippen molar-refractivity contribution in [3.8, 4) is 0 Å². The minimum absolute atomic E-state index is 0. The maximum atomic E-state index is 4.72. The smallest absolute Gasteiger partial charge is 0.0144 e. The van der Waals surface area contributed by atoms with Gasteiger partial charge in [-0.1, -0.05) is 74.3 Å². The van der Waals surface area contributed by atoms with Crippen molar-refractivity contribution in [1.29, 1.82) is 0 Å². The highest BCUT2D eigenvalue weighted by atomic mass is 14.9. The second-order valence-corrected chi connectivity index (χ2v) is 15.0. The van der Waals surface area contributed by atoms with E-state index in [1.165, 1.54) is 108 Å². The SMILES string of the molecule is C.C=C(NCCCCNCCC)C(CCCC(C)C)C1CCC2(C)C1CCC1C2CCC2CCCCC21C. The van der Waals surface area contributed by atoms with Gasteiger partial charge in [-0.05, 0) is 136 Å². The van der Waals surface area contributed by atoms with E-state index in [4.69, 9.17) is 6.58 Å². The van der Waals surface area contributed by atoms with Crippen LogP contribution in [0, 0.1) is 52.3 Å². The number of rotatable bonds is 14. The van der Waals surface area contributed by atoms with Crippen molar-refractivity contribution in [2.24, 2.45) is 52.3 Å². The normalized spacial score (nSPS) is 37.1. The zero-order valence-electron chi connectivity index (χ0n) is 25.7. The van der Waals surface area contributed by atoms with Crippen LogP contribution >= 0.6 is 0 Å². The number of nitrogens with one attached hydrogen (secondary N) is 2. The van der Waals surface area contributed by atoms with E-state index in [0.717, 1.165) is 55.1 Å². The molecule has 0 spiro atoms. The largest absolute Gasteiger partial charge is 0.389 e. The van der Waals surface area contributed by atoms with Gasteiger partial charge in [0.25, 0.3) is 0 Å². The Hall–Kier alpha value is -0.500. The Labute approximate surface area is 239 Å². The summed E-state index contributed by atoms with van der Waals surface area (Å²) in [4.78, 5) is 0. The lowest BCUT2D eigenvalue weighted by molar-refractivity contribution is -0.123. The van der Waals surface area contributed by atoms with Crippen molar-refractivity contribution in [3.05, 3.63) is 12.3 Å². The van der Waals surface area contributed by atoms with Crippen LogP contribution in [0.3, 0.4) is 0 Å². The summed E-state index contributed by atoms with van der Waals surface area (Å²) in [5.74, 6) is 6.32. The van der Waals surface area contributed by atoms with Crippen LogP contribution in [0.25, 0.3) is 0 Å². The second-order valence-electron chi connectivity index (χ2n) is 15.0. The number of hydrogen-bond donors (Lipinski definition) is 2. The predicted octanol–water partition coefficient (Wildman–Crippen LogP) is 10.00. The molecule has 4 saturated carbocycles. The third-order valence-electron chi connectivity index (χ3n) is 12.4. The van der Waals surface area contributed by atoms with Gasteiger partial charge in [-0.3, -0.25) is 0 Å². The molecule has 8 unspecified atom stereocenters. The maximum Gasteiger partial charge on any atom is 0.0144 e. The summed E-state index contributed by atoms with van der Waals surface area (Å²) in [5, 5.41) is 7.43. The lowest BCUT2D eigenvalue weighted by atomic mass is 9.43. The number of unbranched alkanes of at least 4 members (excludes halogenated alkanes) is 1. The summed E-state index contributed by atoms with van der Waals surface area (Å²) < 4.78 is 0. The lowest BCUT2D eigenvalue weighted by Crippen LogP contribution is -2.54. The molecule has 4 aliphatic carbocycles. The summed E-state index contributed by atoms with van der Waals surface area (Å²) in [5.41, 5.74) is 2.63. The number of allylic oxidation sites excluding steroid dienone is 1. The molecule has 222 valence electrons. The fourth-order valence-corrected chi connectivity index (χ4v) is 10.4. The molecular weight excluding hydrogens is 460 g/mol. The Kier molecular flexibility index (Phi) is 12.1. The molecule has 2 heteroatoms. The van der Waals surface area contributed by atoms with Crippen LogP contribution in [0.4, 0.5) is 0 Å². The summed E-state index contributed by atoms with van der Waals surface area (Å²) in [7, 11) is 0. The topological polar surface area (TPSA) is 24.1 Å². The van der Waals surface area contributed by atoms with E-state index in [1.807, 2.05) is 0 Å². The van der Waals surface area contributed by atoms with Gasteiger partial charge in [0.1, 0.15) is 0 Å². The van der Waals surface area contributed by atoms with Crippen molar-refractivity contribution in [1.82, 2.24) is 10.6 Å². The van der Waals surface area contributed by atoms with Crippen LogP contribution in [-0.2, 0) is 0 Å². The third kappa shape index (κ3) is 6.86. The van der Waals surface area contributed by atoms with Gasteiger partial charge in [0.2, 0.25) is 0 Å².